The normalized spacial score (nSPS) is 13.7. The van der Waals surface area contributed by atoms with Crippen molar-refractivity contribution in [1.82, 2.24) is 20.1 Å². The average molecular weight is 437 g/mol. The fraction of sp³-hybridized carbons (Fsp3) is 0.375. The highest BCUT2D eigenvalue weighted by Gasteiger charge is 2.23. The van der Waals surface area contributed by atoms with Gasteiger partial charge in [-0.1, -0.05) is 12.8 Å². The van der Waals surface area contributed by atoms with E-state index in [2.05, 4.69) is 15.0 Å². The Hall–Kier alpha value is -3.55. The molecule has 8 nitrogen and oxygen atoms in total. The van der Waals surface area contributed by atoms with Crippen molar-refractivity contribution < 1.29 is 19.0 Å². The predicted molar refractivity (Wildman–Crippen MR) is 120 cm³/mol. The summed E-state index contributed by atoms with van der Waals surface area (Å²) in [5.74, 6) is 0.938. The van der Waals surface area contributed by atoms with E-state index in [-0.39, 0.29) is 5.91 Å². The molecule has 0 radical (unpaired) electrons. The zero-order valence-corrected chi connectivity index (χ0v) is 18.6. The lowest BCUT2D eigenvalue weighted by Crippen LogP contribution is -2.24. The number of nitrogens with one attached hydrogen (secondary N) is 1. The molecule has 0 unspecified atom stereocenters. The summed E-state index contributed by atoms with van der Waals surface area (Å²) < 4.78 is 18.2. The molecule has 0 bridgehead atoms. The maximum Gasteiger partial charge on any atom is 0.255 e. The number of benzene rings is 1. The molecular formula is C24H28N4O4. The van der Waals surface area contributed by atoms with Crippen LogP contribution in [-0.2, 0) is 6.54 Å². The third-order valence-corrected chi connectivity index (χ3v) is 5.81. The van der Waals surface area contributed by atoms with Gasteiger partial charge in [0, 0.05) is 18.0 Å². The molecule has 4 rings (SSSR count). The molecule has 3 aromatic rings. The van der Waals surface area contributed by atoms with Crippen LogP contribution < -0.4 is 19.5 Å². The molecule has 2 heterocycles. The van der Waals surface area contributed by atoms with E-state index in [1.54, 1.807) is 24.5 Å². The molecule has 1 aliphatic rings. The Morgan fingerprint density at radius 1 is 1.03 bits per heavy atom. The molecule has 1 saturated carbocycles. The number of ether oxygens (including phenoxy) is 3. The summed E-state index contributed by atoms with van der Waals surface area (Å²) >= 11 is 0. The van der Waals surface area contributed by atoms with E-state index in [0.29, 0.717) is 35.4 Å². The lowest BCUT2D eigenvalue weighted by atomic mass is 10.1. The van der Waals surface area contributed by atoms with Crippen LogP contribution in [0.1, 0.15) is 47.8 Å². The molecule has 1 aromatic carbocycles. The maximum atomic E-state index is 13.0. The zero-order chi connectivity index (χ0) is 22.5. The van der Waals surface area contributed by atoms with Crippen molar-refractivity contribution in [1.29, 1.82) is 0 Å². The number of carbonyl (C=O) groups is 1. The highest BCUT2D eigenvalue weighted by atomic mass is 16.5. The maximum absolute atomic E-state index is 13.0. The van der Waals surface area contributed by atoms with Crippen molar-refractivity contribution in [2.75, 3.05) is 21.3 Å². The van der Waals surface area contributed by atoms with E-state index in [1.807, 2.05) is 18.2 Å². The van der Waals surface area contributed by atoms with Gasteiger partial charge < -0.3 is 19.5 Å². The SMILES string of the molecule is COc1ccc(C(=O)NCc2cc(-c3ccncc3)n(C3CCCC3)n2)c(OC)c1OC. The second kappa shape index (κ2) is 9.72. The lowest BCUT2D eigenvalue weighted by molar-refractivity contribution is 0.0946. The number of hydrogen-bond donors (Lipinski definition) is 1. The van der Waals surface area contributed by atoms with E-state index in [9.17, 15) is 4.79 Å². The summed E-state index contributed by atoms with van der Waals surface area (Å²) in [5, 5.41) is 7.80. The van der Waals surface area contributed by atoms with Gasteiger partial charge in [0.25, 0.3) is 5.91 Å². The fourth-order valence-electron chi connectivity index (χ4n) is 4.24. The molecule has 1 fully saturated rings. The molecule has 32 heavy (non-hydrogen) atoms. The Balaban J connectivity index is 1.57. The van der Waals surface area contributed by atoms with Gasteiger partial charge in [-0.05, 0) is 43.2 Å². The van der Waals surface area contributed by atoms with Crippen LogP contribution in [0.2, 0.25) is 0 Å². The third kappa shape index (κ3) is 4.26. The van der Waals surface area contributed by atoms with Crippen molar-refractivity contribution in [2.24, 2.45) is 0 Å². The summed E-state index contributed by atoms with van der Waals surface area (Å²) in [6.07, 6.45) is 8.23. The molecule has 8 heteroatoms. The number of carbonyl (C=O) groups excluding carboxylic acids is 1. The van der Waals surface area contributed by atoms with Crippen molar-refractivity contribution in [2.45, 2.75) is 38.3 Å². The van der Waals surface area contributed by atoms with Crippen LogP contribution in [0.4, 0.5) is 0 Å². The first-order chi connectivity index (χ1) is 15.7. The highest BCUT2D eigenvalue weighted by molar-refractivity contribution is 5.98. The van der Waals surface area contributed by atoms with Gasteiger partial charge in [-0.2, -0.15) is 5.10 Å². The van der Waals surface area contributed by atoms with Gasteiger partial charge in [0.1, 0.15) is 0 Å². The molecule has 0 aliphatic heterocycles. The van der Waals surface area contributed by atoms with E-state index in [0.717, 1.165) is 29.8 Å². The Kier molecular flexibility index (Phi) is 6.58. The Morgan fingerprint density at radius 3 is 2.41 bits per heavy atom. The number of hydrogen-bond acceptors (Lipinski definition) is 6. The van der Waals surface area contributed by atoms with Crippen molar-refractivity contribution in [3.8, 4) is 28.5 Å². The van der Waals surface area contributed by atoms with Gasteiger partial charge in [0.2, 0.25) is 5.75 Å². The zero-order valence-electron chi connectivity index (χ0n) is 18.6. The van der Waals surface area contributed by atoms with Crippen molar-refractivity contribution in [3.05, 3.63) is 54.0 Å². The summed E-state index contributed by atoms with van der Waals surface area (Å²) in [7, 11) is 4.55. The number of nitrogens with zero attached hydrogens (tertiary/aromatic N) is 3. The minimum Gasteiger partial charge on any atom is -0.493 e. The molecule has 2 aromatic heterocycles. The summed E-state index contributed by atoms with van der Waals surface area (Å²) in [5.41, 5.74) is 3.29. The van der Waals surface area contributed by atoms with E-state index < -0.39 is 0 Å². The predicted octanol–water partition coefficient (Wildman–Crippen LogP) is 4.02. The van der Waals surface area contributed by atoms with Crippen LogP contribution in [0.3, 0.4) is 0 Å². The van der Waals surface area contributed by atoms with E-state index in [4.69, 9.17) is 19.3 Å². The van der Waals surface area contributed by atoms with Gasteiger partial charge >= 0.3 is 0 Å². The summed E-state index contributed by atoms with van der Waals surface area (Å²) in [6.45, 7) is 0.300. The Bertz CT molecular complexity index is 1080. The molecule has 1 aliphatic carbocycles. The van der Waals surface area contributed by atoms with Crippen molar-refractivity contribution in [3.63, 3.8) is 0 Å². The molecule has 1 amide bonds. The van der Waals surface area contributed by atoms with E-state index >= 15 is 0 Å². The number of pyridine rings is 1. The minimum absolute atomic E-state index is 0.274. The topological polar surface area (TPSA) is 87.5 Å². The smallest absolute Gasteiger partial charge is 0.255 e. The standard InChI is InChI=1S/C24H28N4O4/c1-30-21-9-8-19(22(31-2)23(21)32-3)24(29)26-15-17-14-20(16-10-12-25-13-11-16)28(27-17)18-6-4-5-7-18/h8-14,18H,4-7,15H2,1-3H3,(H,26,29). The van der Waals surface area contributed by atoms with Gasteiger partial charge in [0.05, 0.1) is 50.9 Å². The molecule has 0 atom stereocenters. The monoisotopic (exact) mass is 436 g/mol. The highest BCUT2D eigenvalue weighted by Crippen LogP contribution is 2.39. The quantitative estimate of drug-likeness (QED) is 0.574. The summed E-state index contributed by atoms with van der Waals surface area (Å²) in [6, 6.07) is 9.74. The van der Waals surface area contributed by atoms with Gasteiger partial charge in [-0.25, -0.2) is 0 Å². The van der Waals surface area contributed by atoms with Gasteiger partial charge in [0.15, 0.2) is 11.5 Å². The number of rotatable bonds is 8. The first-order valence-corrected chi connectivity index (χ1v) is 10.7. The average Bonchev–Trinajstić information content (AvgIpc) is 3.52. The second-order valence-corrected chi connectivity index (χ2v) is 7.70. The number of amides is 1. The largest absolute Gasteiger partial charge is 0.493 e. The van der Waals surface area contributed by atoms with E-state index in [1.165, 1.54) is 34.2 Å². The van der Waals surface area contributed by atoms with Crippen LogP contribution in [-0.4, -0.2) is 42.0 Å². The molecule has 0 spiro atoms. The van der Waals surface area contributed by atoms with Crippen LogP contribution in [0.25, 0.3) is 11.3 Å². The third-order valence-electron chi connectivity index (χ3n) is 5.81. The van der Waals surface area contributed by atoms with Crippen LogP contribution in [0.15, 0.2) is 42.7 Å². The van der Waals surface area contributed by atoms with Gasteiger partial charge in [-0.3, -0.25) is 14.5 Å². The van der Waals surface area contributed by atoms with Gasteiger partial charge in [-0.15, -0.1) is 0 Å². The molecule has 168 valence electrons. The first kappa shape index (κ1) is 21.7. The van der Waals surface area contributed by atoms with Crippen LogP contribution >= 0.6 is 0 Å². The summed E-state index contributed by atoms with van der Waals surface area (Å²) in [4.78, 5) is 17.1. The minimum atomic E-state index is -0.274. The molecule has 1 N–H and O–H groups in total. The Labute approximate surface area is 187 Å². The van der Waals surface area contributed by atoms with Crippen molar-refractivity contribution >= 4 is 5.91 Å². The fourth-order valence-corrected chi connectivity index (χ4v) is 4.24. The second-order valence-electron chi connectivity index (χ2n) is 7.70. The molecule has 0 saturated heterocycles. The lowest BCUT2D eigenvalue weighted by Gasteiger charge is -2.15. The van der Waals surface area contributed by atoms with Crippen LogP contribution in [0, 0.1) is 0 Å². The molecular weight excluding hydrogens is 408 g/mol. The Morgan fingerprint density at radius 2 is 1.75 bits per heavy atom. The number of methoxy groups -OCH3 is 3. The number of aromatic nitrogens is 3. The first-order valence-electron chi connectivity index (χ1n) is 10.7. The van der Waals surface area contributed by atoms with Crippen LogP contribution in [0.5, 0.6) is 17.2 Å².